The van der Waals surface area contributed by atoms with Crippen LogP contribution >= 0.6 is 0 Å². The van der Waals surface area contributed by atoms with Crippen molar-refractivity contribution in [3.63, 3.8) is 0 Å². The molecular formula is C16H15FN4O3. The van der Waals surface area contributed by atoms with Crippen LogP contribution < -0.4 is 9.80 Å². The molecule has 0 radical (unpaired) electrons. The molecule has 3 rings (SSSR count). The largest absolute Gasteiger partial charge is 0.348 e. The summed E-state index contributed by atoms with van der Waals surface area (Å²) in [5.41, 5.74) is 0.146. The number of pyridine rings is 1. The molecule has 1 aromatic heterocycles. The van der Waals surface area contributed by atoms with Gasteiger partial charge in [-0.1, -0.05) is 12.1 Å². The van der Waals surface area contributed by atoms with Gasteiger partial charge in [-0.15, -0.1) is 0 Å². The number of aromatic nitrogens is 1. The van der Waals surface area contributed by atoms with Crippen molar-refractivity contribution in [3.8, 4) is 0 Å². The molecule has 1 amide bonds. The van der Waals surface area contributed by atoms with E-state index in [0.717, 1.165) is 6.20 Å². The van der Waals surface area contributed by atoms with Crippen LogP contribution in [0, 0.1) is 15.9 Å². The zero-order chi connectivity index (χ0) is 17.3. The SMILES string of the molecule is CN(c1ccc([N+](=O)[O-])cn1)C1CCN(c2ccccc2F)C1=O. The Hall–Kier alpha value is -3.03. The summed E-state index contributed by atoms with van der Waals surface area (Å²) in [5.74, 6) is -0.209. The van der Waals surface area contributed by atoms with E-state index in [9.17, 15) is 19.3 Å². The van der Waals surface area contributed by atoms with Gasteiger partial charge in [0.1, 0.15) is 23.9 Å². The van der Waals surface area contributed by atoms with Gasteiger partial charge in [-0.2, -0.15) is 0 Å². The number of carbonyl (C=O) groups excluding carboxylic acids is 1. The van der Waals surface area contributed by atoms with Crippen molar-refractivity contribution in [1.29, 1.82) is 0 Å². The van der Waals surface area contributed by atoms with Gasteiger partial charge >= 0.3 is 0 Å². The molecule has 0 N–H and O–H groups in total. The van der Waals surface area contributed by atoms with E-state index >= 15 is 0 Å². The summed E-state index contributed by atoms with van der Waals surface area (Å²) in [6.45, 7) is 0.405. The van der Waals surface area contributed by atoms with Crippen molar-refractivity contribution in [2.45, 2.75) is 12.5 Å². The maximum atomic E-state index is 13.9. The van der Waals surface area contributed by atoms with E-state index in [-0.39, 0.29) is 17.3 Å². The van der Waals surface area contributed by atoms with Crippen LogP contribution in [0.15, 0.2) is 42.6 Å². The Kier molecular flexibility index (Phi) is 4.11. The van der Waals surface area contributed by atoms with E-state index in [4.69, 9.17) is 0 Å². The van der Waals surface area contributed by atoms with Crippen LogP contribution in [0.1, 0.15) is 6.42 Å². The Labute approximate surface area is 137 Å². The molecule has 1 saturated heterocycles. The standard InChI is InChI=1S/C16H15FN4O3/c1-19(15-7-6-11(10-18-15)21(23)24)14-8-9-20(16(14)22)13-5-3-2-4-12(13)17/h2-7,10,14H,8-9H2,1H3. The highest BCUT2D eigenvalue weighted by atomic mass is 19.1. The van der Waals surface area contributed by atoms with E-state index in [1.807, 2.05) is 0 Å². The summed E-state index contributed by atoms with van der Waals surface area (Å²) >= 11 is 0. The Morgan fingerprint density at radius 3 is 2.71 bits per heavy atom. The highest BCUT2D eigenvalue weighted by Gasteiger charge is 2.36. The zero-order valence-electron chi connectivity index (χ0n) is 12.9. The molecule has 1 fully saturated rings. The minimum absolute atomic E-state index is 0.113. The van der Waals surface area contributed by atoms with Gasteiger partial charge in [-0.25, -0.2) is 9.37 Å². The quantitative estimate of drug-likeness (QED) is 0.635. The van der Waals surface area contributed by atoms with E-state index in [1.165, 1.54) is 23.1 Å². The van der Waals surface area contributed by atoms with Gasteiger partial charge in [0.2, 0.25) is 5.91 Å². The van der Waals surface area contributed by atoms with Gasteiger partial charge in [-0.3, -0.25) is 14.9 Å². The first-order chi connectivity index (χ1) is 11.5. The van der Waals surface area contributed by atoms with Crippen molar-refractivity contribution in [1.82, 2.24) is 4.98 Å². The number of para-hydroxylation sites is 1. The lowest BCUT2D eigenvalue weighted by atomic mass is 10.2. The number of benzene rings is 1. The molecule has 8 heteroatoms. The molecule has 124 valence electrons. The van der Waals surface area contributed by atoms with Gasteiger partial charge < -0.3 is 9.80 Å². The van der Waals surface area contributed by atoms with Crippen molar-refractivity contribution in [2.75, 3.05) is 23.4 Å². The average Bonchev–Trinajstić information content (AvgIpc) is 2.96. The topological polar surface area (TPSA) is 79.6 Å². The Balaban J connectivity index is 1.79. The predicted molar refractivity (Wildman–Crippen MR) is 86.5 cm³/mol. The fourth-order valence-corrected chi connectivity index (χ4v) is 2.79. The van der Waals surface area contributed by atoms with Gasteiger partial charge in [-0.05, 0) is 24.6 Å². The molecule has 0 saturated carbocycles. The number of likely N-dealkylation sites (N-methyl/N-ethyl adjacent to an activating group) is 1. The van der Waals surface area contributed by atoms with E-state index in [0.29, 0.717) is 18.8 Å². The van der Waals surface area contributed by atoms with Gasteiger partial charge in [0.05, 0.1) is 10.6 Å². The molecule has 0 aliphatic carbocycles. The predicted octanol–water partition coefficient (Wildman–Crippen LogP) is 2.37. The number of nitro groups is 1. The van der Waals surface area contributed by atoms with Crippen molar-refractivity contribution in [3.05, 3.63) is 58.5 Å². The van der Waals surface area contributed by atoms with E-state index in [1.54, 1.807) is 30.1 Å². The molecule has 2 heterocycles. The van der Waals surface area contributed by atoms with Gasteiger partial charge in [0.25, 0.3) is 5.69 Å². The molecule has 1 unspecified atom stereocenters. The van der Waals surface area contributed by atoms with Crippen LogP contribution in [0.4, 0.5) is 21.6 Å². The van der Waals surface area contributed by atoms with Gasteiger partial charge in [0.15, 0.2) is 0 Å². The van der Waals surface area contributed by atoms with Crippen LogP contribution in [0.3, 0.4) is 0 Å². The second kappa shape index (κ2) is 6.23. The number of rotatable bonds is 4. The molecule has 1 atom stereocenters. The van der Waals surface area contributed by atoms with Crippen LogP contribution in [0.2, 0.25) is 0 Å². The third kappa shape index (κ3) is 2.78. The second-order valence-electron chi connectivity index (χ2n) is 5.49. The lowest BCUT2D eigenvalue weighted by molar-refractivity contribution is -0.385. The monoisotopic (exact) mass is 330 g/mol. The fourth-order valence-electron chi connectivity index (χ4n) is 2.79. The average molecular weight is 330 g/mol. The Morgan fingerprint density at radius 2 is 2.08 bits per heavy atom. The fraction of sp³-hybridized carbons (Fsp3) is 0.250. The van der Waals surface area contributed by atoms with E-state index < -0.39 is 16.8 Å². The van der Waals surface area contributed by atoms with Crippen LogP contribution in [-0.2, 0) is 4.79 Å². The normalized spacial score (nSPS) is 17.2. The molecule has 7 nitrogen and oxygen atoms in total. The lowest BCUT2D eigenvalue weighted by Crippen LogP contribution is -2.40. The minimum atomic E-state index is -0.530. The molecule has 24 heavy (non-hydrogen) atoms. The number of nitrogens with zero attached hydrogens (tertiary/aromatic N) is 4. The highest BCUT2D eigenvalue weighted by molar-refractivity contribution is 6.01. The first-order valence-corrected chi connectivity index (χ1v) is 7.38. The highest BCUT2D eigenvalue weighted by Crippen LogP contribution is 2.28. The number of amides is 1. The van der Waals surface area contributed by atoms with Crippen molar-refractivity contribution < 1.29 is 14.1 Å². The van der Waals surface area contributed by atoms with Crippen molar-refractivity contribution in [2.24, 2.45) is 0 Å². The first-order valence-electron chi connectivity index (χ1n) is 7.38. The number of halogens is 1. The molecule has 1 aromatic carbocycles. The van der Waals surface area contributed by atoms with Gasteiger partial charge in [0, 0.05) is 19.7 Å². The molecule has 1 aliphatic heterocycles. The number of hydrogen-bond acceptors (Lipinski definition) is 5. The van der Waals surface area contributed by atoms with Crippen molar-refractivity contribution >= 4 is 23.1 Å². The summed E-state index contributed by atoms with van der Waals surface area (Å²) in [4.78, 5) is 29.9. The number of hydrogen-bond donors (Lipinski definition) is 0. The Bertz CT molecular complexity index is 781. The molecule has 0 spiro atoms. The third-order valence-electron chi connectivity index (χ3n) is 4.09. The third-order valence-corrected chi connectivity index (χ3v) is 4.09. The maximum absolute atomic E-state index is 13.9. The first kappa shape index (κ1) is 15.9. The lowest BCUT2D eigenvalue weighted by Gasteiger charge is -2.24. The summed E-state index contributed by atoms with van der Waals surface area (Å²) in [6, 6.07) is 8.49. The van der Waals surface area contributed by atoms with Crippen LogP contribution in [0.5, 0.6) is 0 Å². The summed E-state index contributed by atoms with van der Waals surface area (Å²) < 4.78 is 13.9. The van der Waals surface area contributed by atoms with Crippen LogP contribution in [-0.4, -0.2) is 35.4 Å². The zero-order valence-corrected chi connectivity index (χ0v) is 12.9. The number of anilines is 2. The minimum Gasteiger partial charge on any atom is -0.348 e. The van der Waals surface area contributed by atoms with E-state index in [2.05, 4.69) is 4.98 Å². The molecule has 2 aromatic rings. The maximum Gasteiger partial charge on any atom is 0.287 e. The smallest absolute Gasteiger partial charge is 0.287 e. The van der Waals surface area contributed by atoms with Crippen LogP contribution in [0.25, 0.3) is 0 Å². The molecular weight excluding hydrogens is 315 g/mol. The molecule has 0 bridgehead atoms. The summed E-state index contributed by atoms with van der Waals surface area (Å²) in [7, 11) is 1.70. The summed E-state index contributed by atoms with van der Waals surface area (Å²) in [6.07, 6.45) is 1.67. The molecule has 1 aliphatic rings. The second-order valence-corrected chi connectivity index (χ2v) is 5.49. The summed E-state index contributed by atoms with van der Waals surface area (Å²) in [5, 5.41) is 10.7. The number of carbonyl (C=O) groups is 1. The Morgan fingerprint density at radius 1 is 1.33 bits per heavy atom.